The average Bonchev–Trinajstić information content (AvgIpc) is 2.24. The molecule has 0 saturated carbocycles. The summed E-state index contributed by atoms with van der Waals surface area (Å²) in [7, 11) is 0. The number of hydrogen-bond acceptors (Lipinski definition) is 2. The van der Waals surface area contributed by atoms with Crippen molar-refractivity contribution in [1.29, 1.82) is 0 Å². The van der Waals surface area contributed by atoms with Gasteiger partial charge in [0.25, 0.3) is 0 Å². The Morgan fingerprint density at radius 3 is 2.64 bits per heavy atom. The summed E-state index contributed by atoms with van der Waals surface area (Å²) in [6.07, 6.45) is 1.75. The fourth-order valence-electron chi connectivity index (χ4n) is 1.96. The zero-order chi connectivity index (χ0) is 10.0. The highest BCUT2D eigenvalue weighted by Gasteiger charge is 2.33. The van der Waals surface area contributed by atoms with Crippen LogP contribution in [-0.2, 0) is 5.60 Å². The van der Waals surface area contributed by atoms with Gasteiger partial charge in [0.2, 0.25) is 0 Å². The molecule has 0 aliphatic carbocycles. The van der Waals surface area contributed by atoms with Gasteiger partial charge in [0.15, 0.2) is 0 Å². The molecule has 2 heteroatoms. The second-order valence-electron chi connectivity index (χ2n) is 3.80. The molecule has 0 radical (unpaired) electrons. The van der Waals surface area contributed by atoms with Crippen LogP contribution in [0.3, 0.4) is 0 Å². The predicted octanol–water partition coefficient (Wildman–Crippen LogP) is 2.13. The van der Waals surface area contributed by atoms with Gasteiger partial charge in [0.05, 0.1) is 0 Å². The maximum absolute atomic E-state index is 10.5. The second kappa shape index (κ2) is 3.54. The highest BCUT2D eigenvalue weighted by atomic mass is 16.3. The van der Waals surface area contributed by atoms with Gasteiger partial charge in [-0.25, -0.2) is 0 Å². The third kappa shape index (κ3) is 1.46. The second-order valence-corrected chi connectivity index (χ2v) is 3.80. The number of benzene rings is 1. The van der Waals surface area contributed by atoms with Gasteiger partial charge in [-0.05, 0) is 25.3 Å². The monoisotopic (exact) mass is 189 g/mol. The van der Waals surface area contributed by atoms with Crippen LogP contribution in [0.4, 0.5) is 0 Å². The van der Waals surface area contributed by atoms with Crippen molar-refractivity contribution in [3.8, 4) is 0 Å². The van der Waals surface area contributed by atoms with E-state index in [0.717, 1.165) is 30.7 Å². The zero-order valence-electron chi connectivity index (χ0n) is 8.40. The van der Waals surface area contributed by atoms with Gasteiger partial charge >= 0.3 is 0 Å². The van der Waals surface area contributed by atoms with E-state index in [1.54, 1.807) is 0 Å². The van der Waals surface area contributed by atoms with Crippen LogP contribution >= 0.6 is 0 Å². The molecule has 1 aliphatic rings. The standard InChI is InChI=1S/C12H15NO/c1-10-12(14,8-5-9-13-10)11-6-3-2-4-7-11/h2-4,6-7,14H,5,8-9H2,1H3. The van der Waals surface area contributed by atoms with Crippen LogP contribution in [0.5, 0.6) is 0 Å². The van der Waals surface area contributed by atoms with Crippen molar-refractivity contribution >= 4 is 5.71 Å². The molecule has 0 saturated heterocycles. The average molecular weight is 189 g/mol. The van der Waals surface area contributed by atoms with Crippen LogP contribution in [-0.4, -0.2) is 17.4 Å². The van der Waals surface area contributed by atoms with Crippen molar-refractivity contribution in [1.82, 2.24) is 0 Å². The van der Waals surface area contributed by atoms with E-state index >= 15 is 0 Å². The molecule has 14 heavy (non-hydrogen) atoms. The van der Waals surface area contributed by atoms with E-state index in [9.17, 15) is 5.11 Å². The third-order valence-electron chi connectivity index (χ3n) is 2.90. The van der Waals surface area contributed by atoms with E-state index in [0.29, 0.717) is 0 Å². The largest absolute Gasteiger partial charge is 0.379 e. The Bertz CT molecular complexity index is 345. The lowest BCUT2D eigenvalue weighted by Crippen LogP contribution is -2.36. The number of aliphatic hydroxyl groups is 1. The van der Waals surface area contributed by atoms with Crippen LogP contribution < -0.4 is 0 Å². The van der Waals surface area contributed by atoms with Crippen molar-refractivity contribution in [2.24, 2.45) is 4.99 Å². The Balaban J connectivity index is 2.41. The van der Waals surface area contributed by atoms with E-state index in [-0.39, 0.29) is 0 Å². The predicted molar refractivity (Wildman–Crippen MR) is 57.5 cm³/mol. The molecule has 1 aromatic rings. The number of aliphatic imine (C=N–C) groups is 1. The molecule has 1 aromatic carbocycles. The van der Waals surface area contributed by atoms with Gasteiger partial charge in [-0.3, -0.25) is 4.99 Å². The van der Waals surface area contributed by atoms with Gasteiger partial charge in [-0.2, -0.15) is 0 Å². The van der Waals surface area contributed by atoms with E-state index in [1.165, 1.54) is 0 Å². The number of hydrogen-bond donors (Lipinski definition) is 1. The van der Waals surface area contributed by atoms with Gasteiger partial charge < -0.3 is 5.11 Å². The molecule has 1 N–H and O–H groups in total. The summed E-state index contributed by atoms with van der Waals surface area (Å²) in [5.41, 5.74) is 0.982. The summed E-state index contributed by atoms with van der Waals surface area (Å²) in [6.45, 7) is 2.76. The third-order valence-corrected chi connectivity index (χ3v) is 2.90. The Morgan fingerprint density at radius 1 is 1.29 bits per heavy atom. The lowest BCUT2D eigenvalue weighted by Gasteiger charge is -2.31. The summed E-state index contributed by atoms with van der Waals surface area (Å²) in [6, 6.07) is 9.79. The van der Waals surface area contributed by atoms with Crippen LogP contribution in [0, 0.1) is 0 Å². The molecule has 0 amide bonds. The maximum Gasteiger partial charge on any atom is 0.127 e. The van der Waals surface area contributed by atoms with E-state index in [1.807, 2.05) is 37.3 Å². The molecular weight excluding hydrogens is 174 g/mol. The first-order valence-corrected chi connectivity index (χ1v) is 5.03. The lowest BCUT2D eigenvalue weighted by molar-refractivity contribution is 0.0934. The maximum atomic E-state index is 10.5. The van der Waals surface area contributed by atoms with Crippen molar-refractivity contribution in [2.45, 2.75) is 25.4 Å². The summed E-state index contributed by atoms with van der Waals surface area (Å²) in [5.74, 6) is 0. The smallest absolute Gasteiger partial charge is 0.127 e. The van der Waals surface area contributed by atoms with E-state index in [4.69, 9.17) is 0 Å². The Labute approximate surface area is 84.3 Å². The molecule has 74 valence electrons. The van der Waals surface area contributed by atoms with Gasteiger partial charge in [-0.15, -0.1) is 0 Å². The van der Waals surface area contributed by atoms with Crippen molar-refractivity contribution in [2.75, 3.05) is 6.54 Å². The Morgan fingerprint density at radius 2 is 2.00 bits per heavy atom. The first kappa shape index (κ1) is 9.41. The molecule has 0 bridgehead atoms. The van der Waals surface area contributed by atoms with E-state index < -0.39 is 5.60 Å². The summed E-state index contributed by atoms with van der Waals surface area (Å²) >= 11 is 0. The first-order valence-electron chi connectivity index (χ1n) is 5.03. The van der Waals surface area contributed by atoms with E-state index in [2.05, 4.69) is 4.99 Å². The van der Waals surface area contributed by atoms with Gasteiger partial charge in [0.1, 0.15) is 5.60 Å². The lowest BCUT2D eigenvalue weighted by atomic mass is 9.83. The fourth-order valence-corrected chi connectivity index (χ4v) is 1.96. The summed E-state index contributed by atoms with van der Waals surface area (Å²) in [5, 5.41) is 10.5. The zero-order valence-corrected chi connectivity index (χ0v) is 8.40. The van der Waals surface area contributed by atoms with Gasteiger partial charge in [-0.1, -0.05) is 30.3 Å². The Kier molecular flexibility index (Phi) is 2.38. The quantitative estimate of drug-likeness (QED) is 0.721. The molecule has 0 spiro atoms. The minimum absolute atomic E-state index is 0.784. The van der Waals surface area contributed by atoms with Crippen molar-refractivity contribution < 1.29 is 5.11 Å². The number of rotatable bonds is 1. The minimum Gasteiger partial charge on any atom is -0.379 e. The molecular formula is C12H15NO. The summed E-state index contributed by atoms with van der Waals surface area (Å²) < 4.78 is 0. The van der Waals surface area contributed by atoms with Crippen LogP contribution in [0.15, 0.2) is 35.3 Å². The van der Waals surface area contributed by atoms with Crippen LogP contribution in [0.25, 0.3) is 0 Å². The molecule has 0 aromatic heterocycles. The molecule has 0 fully saturated rings. The molecule has 2 nitrogen and oxygen atoms in total. The van der Waals surface area contributed by atoms with Crippen LogP contribution in [0.2, 0.25) is 0 Å². The SMILES string of the molecule is CC1=NCCCC1(O)c1ccccc1. The molecule has 1 aliphatic heterocycles. The van der Waals surface area contributed by atoms with Gasteiger partial charge in [0, 0.05) is 12.3 Å². The van der Waals surface area contributed by atoms with Crippen LogP contribution in [0.1, 0.15) is 25.3 Å². The molecule has 1 heterocycles. The summed E-state index contributed by atoms with van der Waals surface area (Å²) in [4.78, 5) is 4.33. The first-order chi connectivity index (χ1) is 6.73. The highest BCUT2D eigenvalue weighted by molar-refractivity contribution is 5.91. The molecule has 1 unspecified atom stereocenters. The fraction of sp³-hybridized carbons (Fsp3) is 0.417. The Hall–Kier alpha value is -1.15. The highest BCUT2D eigenvalue weighted by Crippen LogP contribution is 2.30. The molecule has 1 atom stereocenters. The topological polar surface area (TPSA) is 32.6 Å². The molecule has 2 rings (SSSR count). The number of nitrogens with zero attached hydrogens (tertiary/aromatic N) is 1. The van der Waals surface area contributed by atoms with Crippen molar-refractivity contribution in [3.63, 3.8) is 0 Å². The van der Waals surface area contributed by atoms with Crippen molar-refractivity contribution in [3.05, 3.63) is 35.9 Å². The normalized spacial score (nSPS) is 27.1. The minimum atomic E-state index is -0.820.